The normalized spacial score (nSPS) is 12.0. The molecule has 0 spiro atoms. The summed E-state index contributed by atoms with van der Waals surface area (Å²) in [6.07, 6.45) is 0.736. The van der Waals surface area contributed by atoms with Crippen LogP contribution >= 0.6 is 23.2 Å². The van der Waals surface area contributed by atoms with Gasteiger partial charge in [-0.1, -0.05) is 60.5 Å². The summed E-state index contributed by atoms with van der Waals surface area (Å²) < 4.78 is 28.3. The van der Waals surface area contributed by atoms with Gasteiger partial charge in [-0.15, -0.1) is 0 Å². The van der Waals surface area contributed by atoms with Gasteiger partial charge in [0.05, 0.1) is 10.6 Å². The smallest absolute Gasteiger partial charge is 0.264 e. The molecule has 0 heterocycles. The molecule has 3 aromatic rings. The molecule has 0 saturated carbocycles. The number of nitrogens with zero attached hydrogens (tertiary/aromatic N) is 2. The predicted octanol–water partition coefficient (Wildman–Crippen LogP) is 5.13. The lowest BCUT2D eigenvalue weighted by atomic mass is 10.1. The molecule has 3 rings (SSSR count). The fraction of sp³-hybridized carbons (Fsp3) is 0.259. The van der Waals surface area contributed by atoms with Crippen molar-refractivity contribution >= 4 is 50.7 Å². The average Bonchev–Trinajstić information content (AvgIpc) is 2.89. The summed E-state index contributed by atoms with van der Waals surface area (Å²) in [7, 11) is -4.11. The van der Waals surface area contributed by atoms with Crippen LogP contribution in [0.5, 0.6) is 0 Å². The zero-order chi connectivity index (χ0) is 27.0. The largest absolute Gasteiger partial charge is 0.354 e. The highest BCUT2D eigenvalue weighted by molar-refractivity contribution is 7.92. The Balaban J connectivity index is 2.00. The highest BCUT2D eigenvalue weighted by Gasteiger charge is 2.32. The minimum Gasteiger partial charge on any atom is -0.354 e. The number of anilines is 1. The highest BCUT2D eigenvalue weighted by Crippen LogP contribution is 2.26. The maximum absolute atomic E-state index is 13.8. The van der Waals surface area contributed by atoms with E-state index in [1.807, 2.05) is 6.92 Å². The molecule has 0 aliphatic heterocycles. The van der Waals surface area contributed by atoms with E-state index in [1.165, 1.54) is 29.2 Å². The zero-order valence-corrected chi connectivity index (χ0v) is 22.9. The zero-order valence-electron chi connectivity index (χ0n) is 20.6. The Labute approximate surface area is 228 Å². The molecule has 10 heteroatoms. The number of hydrogen-bond acceptors (Lipinski definition) is 4. The van der Waals surface area contributed by atoms with Crippen molar-refractivity contribution in [1.82, 2.24) is 10.2 Å². The van der Waals surface area contributed by atoms with Crippen LogP contribution < -0.4 is 9.62 Å². The fourth-order valence-corrected chi connectivity index (χ4v) is 5.44. The van der Waals surface area contributed by atoms with Gasteiger partial charge in [-0.2, -0.15) is 0 Å². The summed E-state index contributed by atoms with van der Waals surface area (Å²) in [6.45, 7) is 3.55. The first-order chi connectivity index (χ1) is 17.6. The minimum atomic E-state index is -4.11. The van der Waals surface area contributed by atoms with Crippen molar-refractivity contribution in [3.8, 4) is 0 Å². The second-order valence-corrected chi connectivity index (χ2v) is 11.2. The molecule has 0 aliphatic carbocycles. The predicted molar refractivity (Wildman–Crippen MR) is 147 cm³/mol. The Morgan fingerprint density at radius 1 is 0.919 bits per heavy atom. The van der Waals surface area contributed by atoms with E-state index in [-0.39, 0.29) is 23.0 Å². The lowest BCUT2D eigenvalue weighted by molar-refractivity contribution is -0.139. The van der Waals surface area contributed by atoms with Gasteiger partial charge in [0.2, 0.25) is 11.8 Å². The van der Waals surface area contributed by atoms with Crippen LogP contribution in [0.4, 0.5) is 5.69 Å². The average molecular weight is 563 g/mol. The van der Waals surface area contributed by atoms with Gasteiger partial charge >= 0.3 is 0 Å². The topological polar surface area (TPSA) is 86.8 Å². The number of rotatable bonds is 11. The molecule has 7 nitrogen and oxygen atoms in total. The van der Waals surface area contributed by atoms with Gasteiger partial charge in [-0.05, 0) is 67.4 Å². The first-order valence-corrected chi connectivity index (χ1v) is 14.0. The van der Waals surface area contributed by atoms with Crippen LogP contribution in [-0.2, 0) is 26.2 Å². The Hall–Kier alpha value is -3.07. The van der Waals surface area contributed by atoms with Crippen molar-refractivity contribution in [3.63, 3.8) is 0 Å². The molecule has 196 valence electrons. The molecule has 0 aliphatic rings. The molecule has 0 saturated heterocycles. The number of benzene rings is 3. The summed E-state index contributed by atoms with van der Waals surface area (Å²) in [5, 5.41) is 3.72. The van der Waals surface area contributed by atoms with Crippen molar-refractivity contribution < 1.29 is 18.0 Å². The van der Waals surface area contributed by atoms with Crippen molar-refractivity contribution in [2.45, 2.75) is 37.8 Å². The molecular weight excluding hydrogens is 533 g/mol. The van der Waals surface area contributed by atoms with Gasteiger partial charge in [0.25, 0.3) is 10.0 Å². The van der Waals surface area contributed by atoms with E-state index in [1.54, 1.807) is 61.5 Å². The maximum atomic E-state index is 13.8. The van der Waals surface area contributed by atoms with Crippen LogP contribution in [0.25, 0.3) is 0 Å². The summed E-state index contributed by atoms with van der Waals surface area (Å²) in [6, 6.07) is 20.1. The molecule has 0 bridgehead atoms. The molecule has 0 unspecified atom stereocenters. The molecule has 0 fully saturated rings. The Bertz CT molecular complexity index is 1320. The van der Waals surface area contributed by atoms with Crippen molar-refractivity contribution in [2.24, 2.45) is 0 Å². The Morgan fingerprint density at radius 3 is 2.22 bits per heavy atom. The molecule has 1 N–H and O–H groups in total. The minimum absolute atomic E-state index is 0.0351. The van der Waals surface area contributed by atoms with Crippen molar-refractivity contribution in [1.29, 1.82) is 0 Å². The second kappa shape index (κ2) is 12.9. The van der Waals surface area contributed by atoms with E-state index in [4.69, 9.17) is 23.2 Å². The highest BCUT2D eigenvalue weighted by atomic mass is 35.5. The van der Waals surface area contributed by atoms with Gasteiger partial charge < -0.3 is 10.2 Å². The molecule has 37 heavy (non-hydrogen) atoms. The van der Waals surface area contributed by atoms with Gasteiger partial charge in [0, 0.05) is 23.1 Å². The van der Waals surface area contributed by atoms with Gasteiger partial charge in [-0.3, -0.25) is 13.9 Å². The van der Waals surface area contributed by atoms with Crippen LogP contribution in [-0.4, -0.2) is 44.3 Å². The van der Waals surface area contributed by atoms with E-state index in [2.05, 4.69) is 5.32 Å². The summed E-state index contributed by atoms with van der Waals surface area (Å²) in [5.74, 6) is -0.880. The molecule has 0 aromatic heterocycles. The summed E-state index contributed by atoms with van der Waals surface area (Å²) in [5.41, 5.74) is 0.979. The number of sulfonamides is 1. The number of carbonyl (C=O) groups is 2. The Morgan fingerprint density at radius 2 is 1.59 bits per heavy atom. The van der Waals surface area contributed by atoms with Crippen molar-refractivity contribution in [3.05, 3.63) is 94.5 Å². The first-order valence-electron chi connectivity index (χ1n) is 11.8. The first kappa shape index (κ1) is 28.5. The van der Waals surface area contributed by atoms with E-state index >= 15 is 0 Å². The van der Waals surface area contributed by atoms with Crippen LogP contribution in [0.15, 0.2) is 83.8 Å². The fourth-order valence-electron chi connectivity index (χ4n) is 3.67. The van der Waals surface area contributed by atoms with Crippen LogP contribution in [0.2, 0.25) is 10.0 Å². The number of carbonyl (C=O) groups excluding carboxylic acids is 2. The third-order valence-corrected chi connectivity index (χ3v) is 7.96. The molecular formula is C27H29Cl2N3O4S. The standard InChI is InChI=1S/C27H29Cl2N3O4S/c1-3-16-30-27(34)20(2)31(18-21-8-7-9-23(29)17-21)26(33)19-32(24-14-12-22(28)13-15-24)37(35,36)25-10-5-4-6-11-25/h4-15,17,20H,3,16,18-19H2,1-2H3,(H,30,34)/t20-/m0/s1. The van der Waals surface area contributed by atoms with Gasteiger partial charge in [0.15, 0.2) is 0 Å². The molecule has 3 aromatic carbocycles. The monoisotopic (exact) mass is 561 g/mol. The van der Waals surface area contributed by atoms with E-state index in [0.29, 0.717) is 22.2 Å². The number of halogens is 2. The third kappa shape index (κ3) is 7.47. The molecule has 1 atom stereocenters. The number of amides is 2. The summed E-state index contributed by atoms with van der Waals surface area (Å²) in [4.78, 5) is 28.0. The third-order valence-electron chi connectivity index (χ3n) is 5.68. The Kier molecular flexibility index (Phi) is 9.97. The van der Waals surface area contributed by atoms with E-state index < -0.39 is 28.5 Å². The van der Waals surface area contributed by atoms with Crippen molar-refractivity contribution in [2.75, 3.05) is 17.4 Å². The SMILES string of the molecule is CCCNC(=O)[C@H](C)N(Cc1cccc(Cl)c1)C(=O)CN(c1ccc(Cl)cc1)S(=O)(=O)c1ccccc1. The van der Waals surface area contributed by atoms with Crippen LogP contribution in [0.3, 0.4) is 0 Å². The quantitative estimate of drug-likeness (QED) is 0.351. The van der Waals surface area contributed by atoms with Crippen LogP contribution in [0, 0.1) is 0 Å². The maximum Gasteiger partial charge on any atom is 0.264 e. The van der Waals surface area contributed by atoms with E-state index in [0.717, 1.165) is 10.7 Å². The summed E-state index contributed by atoms with van der Waals surface area (Å²) >= 11 is 12.2. The lowest BCUT2D eigenvalue weighted by Crippen LogP contribution is -2.51. The number of hydrogen-bond donors (Lipinski definition) is 1. The van der Waals surface area contributed by atoms with Gasteiger partial charge in [0.1, 0.15) is 12.6 Å². The van der Waals surface area contributed by atoms with E-state index in [9.17, 15) is 18.0 Å². The lowest BCUT2D eigenvalue weighted by Gasteiger charge is -2.32. The second-order valence-electron chi connectivity index (χ2n) is 8.42. The molecule has 2 amide bonds. The molecule has 0 radical (unpaired) electrons. The number of nitrogens with one attached hydrogen (secondary N) is 1. The van der Waals surface area contributed by atoms with Gasteiger partial charge in [-0.25, -0.2) is 8.42 Å². The van der Waals surface area contributed by atoms with Crippen LogP contribution in [0.1, 0.15) is 25.8 Å².